The van der Waals surface area contributed by atoms with E-state index >= 15 is 0 Å². The maximum Gasteiger partial charge on any atom is 0.338 e. The van der Waals surface area contributed by atoms with Crippen LogP contribution in [0.25, 0.3) is 11.1 Å². The zero-order valence-electron chi connectivity index (χ0n) is 13.5. The number of hydrogen-bond donors (Lipinski definition) is 0. The first-order chi connectivity index (χ1) is 11.1. The fraction of sp³-hybridized carbons (Fsp3) is 0.316. The van der Waals surface area contributed by atoms with E-state index < -0.39 is 0 Å². The molecule has 2 aliphatic rings. The smallest absolute Gasteiger partial charge is 0.338 e. The van der Waals surface area contributed by atoms with Gasteiger partial charge in [-0.05, 0) is 53.8 Å². The average molecular weight is 310 g/mol. The minimum absolute atomic E-state index is 0.319. The van der Waals surface area contributed by atoms with Crippen LogP contribution in [-0.4, -0.2) is 13.1 Å². The lowest BCUT2D eigenvalue weighted by Gasteiger charge is -2.26. The molecule has 4 nitrogen and oxygen atoms in total. The van der Waals surface area contributed by atoms with Crippen molar-refractivity contribution in [3.63, 3.8) is 0 Å². The van der Waals surface area contributed by atoms with Crippen molar-refractivity contribution in [3.8, 4) is 16.9 Å². The molecule has 0 N–H and O–H groups in total. The molecule has 0 unspecified atom stereocenters. The van der Waals surface area contributed by atoms with Gasteiger partial charge in [-0.25, -0.2) is 4.79 Å². The van der Waals surface area contributed by atoms with Crippen molar-refractivity contribution in [3.05, 3.63) is 51.6 Å². The van der Waals surface area contributed by atoms with E-state index in [0.717, 1.165) is 39.1 Å². The largest absolute Gasteiger partial charge is 0.488 e. The molecule has 23 heavy (non-hydrogen) atoms. The van der Waals surface area contributed by atoms with Crippen molar-refractivity contribution < 1.29 is 19.0 Å². The van der Waals surface area contributed by atoms with E-state index in [4.69, 9.17) is 14.2 Å². The Morgan fingerprint density at radius 3 is 2.70 bits per heavy atom. The molecule has 0 saturated carbocycles. The van der Waals surface area contributed by atoms with Gasteiger partial charge >= 0.3 is 5.97 Å². The van der Waals surface area contributed by atoms with Gasteiger partial charge in [0.2, 0.25) is 0 Å². The van der Waals surface area contributed by atoms with Gasteiger partial charge in [0.25, 0.3) is 0 Å². The van der Waals surface area contributed by atoms with Gasteiger partial charge in [0.05, 0.1) is 25.9 Å². The molecule has 0 aromatic heterocycles. The Kier molecular flexibility index (Phi) is 3.16. The summed E-state index contributed by atoms with van der Waals surface area (Å²) < 4.78 is 16.5. The number of aryl methyl sites for hydroxylation is 2. The number of hydrogen-bond acceptors (Lipinski definition) is 4. The highest BCUT2D eigenvalue weighted by Gasteiger charge is 2.31. The summed E-state index contributed by atoms with van der Waals surface area (Å²) in [5.41, 5.74) is 7.97. The molecule has 0 fully saturated rings. The average Bonchev–Trinajstić information content (AvgIpc) is 2.98. The number of carbonyl (C=O) groups is 1. The van der Waals surface area contributed by atoms with Crippen LogP contribution < -0.4 is 4.74 Å². The van der Waals surface area contributed by atoms with Gasteiger partial charge in [0.1, 0.15) is 12.4 Å². The molecule has 2 aromatic carbocycles. The molecule has 2 aliphatic heterocycles. The number of fused-ring (bicyclic) bond motifs is 4. The van der Waals surface area contributed by atoms with Gasteiger partial charge < -0.3 is 14.2 Å². The first-order valence-corrected chi connectivity index (χ1v) is 7.68. The topological polar surface area (TPSA) is 44.8 Å². The molecular formula is C19H18O4. The third-order valence-electron chi connectivity index (χ3n) is 4.61. The number of carbonyl (C=O) groups excluding carboxylic acids is 1. The van der Waals surface area contributed by atoms with E-state index in [2.05, 4.69) is 26.0 Å². The van der Waals surface area contributed by atoms with Crippen LogP contribution in [0.4, 0.5) is 0 Å². The molecule has 2 heterocycles. The highest BCUT2D eigenvalue weighted by atomic mass is 16.5. The van der Waals surface area contributed by atoms with Crippen molar-refractivity contribution in [2.75, 3.05) is 7.11 Å². The summed E-state index contributed by atoms with van der Waals surface area (Å²) in [5.74, 6) is 0.560. The molecule has 118 valence electrons. The summed E-state index contributed by atoms with van der Waals surface area (Å²) >= 11 is 0. The minimum Gasteiger partial charge on any atom is -0.488 e. The summed E-state index contributed by atoms with van der Waals surface area (Å²) in [6.45, 7) is 5.50. The van der Waals surface area contributed by atoms with Gasteiger partial charge in [-0.2, -0.15) is 0 Å². The number of rotatable bonds is 1. The van der Waals surface area contributed by atoms with Crippen LogP contribution in [0.5, 0.6) is 5.75 Å². The maximum absolute atomic E-state index is 12.4. The lowest BCUT2D eigenvalue weighted by Crippen LogP contribution is -2.16. The summed E-state index contributed by atoms with van der Waals surface area (Å²) in [4.78, 5) is 12.4. The van der Waals surface area contributed by atoms with Gasteiger partial charge in [-0.3, -0.25) is 0 Å². The van der Waals surface area contributed by atoms with Crippen molar-refractivity contribution >= 4 is 5.97 Å². The summed E-state index contributed by atoms with van der Waals surface area (Å²) in [5, 5.41) is 0. The molecule has 0 amide bonds. The quantitative estimate of drug-likeness (QED) is 0.754. The molecule has 0 saturated heterocycles. The monoisotopic (exact) mass is 310 g/mol. The van der Waals surface area contributed by atoms with Crippen LogP contribution in [0.15, 0.2) is 18.2 Å². The van der Waals surface area contributed by atoms with Crippen LogP contribution in [0, 0.1) is 13.8 Å². The number of ether oxygens (including phenoxy) is 3. The number of esters is 1. The molecule has 4 rings (SSSR count). The van der Waals surface area contributed by atoms with Crippen molar-refractivity contribution in [2.24, 2.45) is 0 Å². The van der Waals surface area contributed by atoms with Crippen LogP contribution in [-0.2, 0) is 29.3 Å². The van der Waals surface area contributed by atoms with Gasteiger partial charge in [0, 0.05) is 11.1 Å². The summed E-state index contributed by atoms with van der Waals surface area (Å²) in [6, 6.07) is 6.33. The second-order valence-corrected chi connectivity index (χ2v) is 6.14. The molecule has 0 atom stereocenters. The van der Waals surface area contributed by atoms with Gasteiger partial charge in [0.15, 0.2) is 0 Å². The molecule has 0 bridgehead atoms. The third kappa shape index (κ3) is 2.05. The zero-order chi connectivity index (χ0) is 16.1. The maximum atomic E-state index is 12.4. The Balaban J connectivity index is 2.04. The highest BCUT2D eigenvalue weighted by Crippen LogP contribution is 2.44. The Morgan fingerprint density at radius 2 is 1.91 bits per heavy atom. The Bertz CT molecular complexity index is 836. The molecular weight excluding hydrogens is 292 g/mol. The van der Waals surface area contributed by atoms with Crippen LogP contribution in [0.3, 0.4) is 0 Å². The second-order valence-electron chi connectivity index (χ2n) is 6.14. The third-order valence-corrected chi connectivity index (χ3v) is 4.61. The lowest BCUT2D eigenvalue weighted by atomic mass is 9.86. The lowest BCUT2D eigenvalue weighted by molar-refractivity contribution is 0.0593. The first kappa shape index (κ1) is 14.3. The Morgan fingerprint density at radius 1 is 1.09 bits per heavy atom. The number of methoxy groups -OCH3 is 1. The normalized spacial score (nSPS) is 14.6. The predicted molar refractivity (Wildman–Crippen MR) is 85.5 cm³/mol. The second kappa shape index (κ2) is 5.10. The standard InChI is InChI=1S/C19H18O4/c1-10-4-11(2)17-13-6-12-7-22-8-14(12)18(19(20)21-3)15(13)9-23-16(17)5-10/h4-6H,7-9H2,1-3H3. The minimum atomic E-state index is -0.319. The van der Waals surface area contributed by atoms with Gasteiger partial charge in [-0.1, -0.05) is 6.07 Å². The fourth-order valence-electron chi connectivity index (χ4n) is 3.64. The predicted octanol–water partition coefficient (Wildman–Crippen LogP) is 3.68. The molecule has 0 aliphatic carbocycles. The first-order valence-electron chi connectivity index (χ1n) is 7.68. The van der Waals surface area contributed by atoms with Crippen molar-refractivity contribution in [1.29, 1.82) is 0 Å². The van der Waals surface area contributed by atoms with Crippen LogP contribution in [0.2, 0.25) is 0 Å². The molecule has 2 aromatic rings. The van der Waals surface area contributed by atoms with Crippen molar-refractivity contribution in [2.45, 2.75) is 33.7 Å². The van der Waals surface area contributed by atoms with E-state index in [1.54, 1.807) is 0 Å². The fourth-order valence-corrected chi connectivity index (χ4v) is 3.64. The number of benzene rings is 2. The SMILES string of the molecule is COC(=O)c1c2c(cc3c1COc1cc(C)cc(C)c1-3)COC2. The zero-order valence-corrected chi connectivity index (χ0v) is 13.5. The van der Waals surface area contributed by atoms with E-state index in [-0.39, 0.29) is 5.97 Å². The Labute approximate surface area is 135 Å². The molecule has 0 radical (unpaired) electrons. The van der Waals surface area contributed by atoms with Crippen LogP contribution in [0.1, 0.15) is 38.2 Å². The van der Waals surface area contributed by atoms with Crippen LogP contribution >= 0.6 is 0 Å². The highest BCUT2D eigenvalue weighted by molar-refractivity contribution is 5.97. The van der Waals surface area contributed by atoms with Crippen molar-refractivity contribution in [1.82, 2.24) is 0 Å². The molecule has 0 spiro atoms. The summed E-state index contributed by atoms with van der Waals surface area (Å²) in [6.07, 6.45) is 0. The van der Waals surface area contributed by atoms with E-state index in [1.807, 2.05) is 6.07 Å². The van der Waals surface area contributed by atoms with E-state index in [9.17, 15) is 4.79 Å². The van der Waals surface area contributed by atoms with Gasteiger partial charge in [-0.15, -0.1) is 0 Å². The Hall–Kier alpha value is -2.33. The molecule has 4 heteroatoms. The van der Waals surface area contributed by atoms with E-state index in [0.29, 0.717) is 25.4 Å². The van der Waals surface area contributed by atoms with E-state index in [1.165, 1.54) is 12.7 Å². The summed E-state index contributed by atoms with van der Waals surface area (Å²) in [7, 11) is 1.41.